The Bertz CT molecular complexity index is 1020. The molecule has 0 aliphatic carbocycles. The lowest BCUT2D eigenvalue weighted by Gasteiger charge is -2.09. The number of hydrogen-bond donors (Lipinski definition) is 1. The first-order valence-electron chi connectivity index (χ1n) is 9.38. The number of ether oxygens (including phenoxy) is 1. The number of benzene rings is 1. The molecule has 0 unspecified atom stereocenters. The highest BCUT2D eigenvalue weighted by molar-refractivity contribution is 6.06. The average molecular weight is 381 g/mol. The van der Waals surface area contributed by atoms with E-state index in [1.54, 1.807) is 7.11 Å². The second-order valence-corrected chi connectivity index (χ2v) is 6.87. The van der Waals surface area contributed by atoms with Crippen LogP contribution in [-0.4, -0.2) is 32.6 Å². The van der Waals surface area contributed by atoms with Gasteiger partial charge in [0.15, 0.2) is 0 Å². The molecule has 0 radical (unpaired) electrons. The first kappa shape index (κ1) is 19.7. The topological polar surface area (TPSA) is 74.0 Å². The maximum absolute atomic E-state index is 12.9. The number of hydrogen-bond acceptors (Lipinski definition) is 4. The normalized spacial score (nSPS) is 10.9. The van der Waals surface area contributed by atoms with Crippen molar-refractivity contribution in [2.45, 2.75) is 47.7 Å². The molecule has 0 aliphatic rings. The zero-order chi connectivity index (χ0) is 20.4. The molecule has 1 N–H and O–H groups in total. The van der Waals surface area contributed by atoms with E-state index in [4.69, 9.17) is 4.74 Å². The van der Waals surface area contributed by atoms with Crippen LogP contribution in [0.25, 0.3) is 0 Å². The number of aromatic nitrogens is 4. The third-order valence-electron chi connectivity index (χ3n) is 4.99. The Hall–Kier alpha value is -3.09. The van der Waals surface area contributed by atoms with Gasteiger partial charge in [0.1, 0.15) is 5.75 Å². The highest BCUT2D eigenvalue weighted by Crippen LogP contribution is 2.23. The molecular weight excluding hydrogens is 354 g/mol. The fraction of sp³-hybridized carbons (Fsp3) is 0.381. The Labute approximate surface area is 165 Å². The smallest absolute Gasteiger partial charge is 0.259 e. The number of nitrogens with one attached hydrogen (secondary N) is 1. The SMILES string of the molecule is CCn1nc(C)c(C(=O)Nc2c(C)nn(Cc3cccc(OC)c3)c2C)c1C. The van der Waals surface area contributed by atoms with Crippen molar-refractivity contribution in [3.8, 4) is 5.75 Å². The number of amides is 1. The molecule has 148 valence electrons. The van der Waals surface area contributed by atoms with Gasteiger partial charge in [0, 0.05) is 12.2 Å². The summed E-state index contributed by atoms with van der Waals surface area (Å²) in [5.74, 6) is 0.660. The van der Waals surface area contributed by atoms with Crippen LogP contribution in [0.4, 0.5) is 5.69 Å². The molecule has 0 saturated carbocycles. The van der Waals surface area contributed by atoms with Gasteiger partial charge in [0.2, 0.25) is 0 Å². The number of carbonyl (C=O) groups is 1. The van der Waals surface area contributed by atoms with E-state index < -0.39 is 0 Å². The summed E-state index contributed by atoms with van der Waals surface area (Å²) in [6.45, 7) is 11.0. The molecule has 2 heterocycles. The van der Waals surface area contributed by atoms with E-state index in [9.17, 15) is 4.79 Å². The first-order chi connectivity index (χ1) is 13.3. The van der Waals surface area contributed by atoms with Crippen molar-refractivity contribution in [1.29, 1.82) is 0 Å². The highest BCUT2D eigenvalue weighted by Gasteiger charge is 2.21. The summed E-state index contributed by atoms with van der Waals surface area (Å²) >= 11 is 0. The molecule has 0 spiro atoms. The number of methoxy groups -OCH3 is 1. The van der Waals surface area contributed by atoms with E-state index in [1.165, 1.54) is 0 Å². The van der Waals surface area contributed by atoms with Crippen LogP contribution in [0.2, 0.25) is 0 Å². The average Bonchev–Trinajstić information content (AvgIpc) is 3.11. The van der Waals surface area contributed by atoms with E-state index in [0.717, 1.165) is 46.3 Å². The molecule has 0 saturated heterocycles. The van der Waals surface area contributed by atoms with Crippen LogP contribution in [-0.2, 0) is 13.1 Å². The van der Waals surface area contributed by atoms with Crippen molar-refractivity contribution >= 4 is 11.6 Å². The maximum Gasteiger partial charge on any atom is 0.259 e. The molecule has 0 bridgehead atoms. The minimum atomic E-state index is -0.151. The number of nitrogens with zero attached hydrogens (tertiary/aromatic N) is 4. The van der Waals surface area contributed by atoms with E-state index >= 15 is 0 Å². The van der Waals surface area contributed by atoms with Crippen molar-refractivity contribution in [1.82, 2.24) is 19.6 Å². The predicted octanol–water partition coefficient (Wildman–Crippen LogP) is 3.64. The van der Waals surface area contributed by atoms with Gasteiger partial charge in [-0.15, -0.1) is 0 Å². The van der Waals surface area contributed by atoms with Crippen LogP contribution in [0.15, 0.2) is 24.3 Å². The number of rotatable bonds is 6. The van der Waals surface area contributed by atoms with Gasteiger partial charge >= 0.3 is 0 Å². The number of anilines is 1. The predicted molar refractivity (Wildman–Crippen MR) is 109 cm³/mol. The number of carbonyl (C=O) groups excluding carboxylic acids is 1. The molecule has 3 aromatic rings. The molecule has 1 amide bonds. The fourth-order valence-electron chi connectivity index (χ4n) is 3.48. The van der Waals surface area contributed by atoms with Gasteiger partial charge in [-0.2, -0.15) is 10.2 Å². The van der Waals surface area contributed by atoms with Crippen LogP contribution < -0.4 is 10.1 Å². The summed E-state index contributed by atoms with van der Waals surface area (Å²) in [5.41, 5.74) is 5.75. The van der Waals surface area contributed by atoms with Crippen molar-refractivity contribution in [3.05, 3.63) is 58.2 Å². The van der Waals surface area contributed by atoms with Crippen LogP contribution in [0.5, 0.6) is 5.75 Å². The van der Waals surface area contributed by atoms with E-state index in [2.05, 4.69) is 15.5 Å². The fourth-order valence-corrected chi connectivity index (χ4v) is 3.48. The Balaban J connectivity index is 1.86. The molecule has 0 aliphatic heterocycles. The van der Waals surface area contributed by atoms with Crippen LogP contribution in [0.1, 0.15) is 45.6 Å². The largest absolute Gasteiger partial charge is 0.497 e. The lowest BCUT2D eigenvalue weighted by atomic mass is 10.1. The maximum atomic E-state index is 12.9. The second-order valence-electron chi connectivity index (χ2n) is 6.87. The van der Waals surface area contributed by atoms with Crippen LogP contribution in [0.3, 0.4) is 0 Å². The van der Waals surface area contributed by atoms with Gasteiger partial charge < -0.3 is 10.1 Å². The summed E-state index contributed by atoms with van der Waals surface area (Å²) < 4.78 is 9.03. The van der Waals surface area contributed by atoms with Crippen LogP contribution >= 0.6 is 0 Å². The van der Waals surface area contributed by atoms with E-state index in [-0.39, 0.29) is 5.91 Å². The lowest BCUT2D eigenvalue weighted by Crippen LogP contribution is -2.15. The highest BCUT2D eigenvalue weighted by atomic mass is 16.5. The van der Waals surface area contributed by atoms with E-state index in [1.807, 2.05) is 68.2 Å². The van der Waals surface area contributed by atoms with Crippen molar-refractivity contribution in [2.24, 2.45) is 0 Å². The zero-order valence-corrected chi connectivity index (χ0v) is 17.3. The number of aryl methyl sites for hydroxylation is 3. The quantitative estimate of drug-likeness (QED) is 0.707. The lowest BCUT2D eigenvalue weighted by molar-refractivity contribution is 0.102. The molecular formula is C21H27N5O2. The Kier molecular flexibility index (Phi) is 5.53. The summed E-state index contributed by atoms with van der Waals surface area (Å²) in [6.07, 6.45) is 0. The molecule has 0 atom stereocenters. The zero-order valence-electron chi connectivity index (χ0n) is 17.3. The summed E-state index contributed by atoms with van der Waals surface area (Å²) in [5, 5.41) is 12.1. The molecule has 1 aromatic carbocycles. The Morgan fingerprint density at radius 1 is 1.07 bits per heavy atom. The van der Waals surface area contributed by atoms with Gasteiger partial charge in [-0.25, -0.2) is 0 Å². The molecule has 2 aromatic heterocycles. The van der Waals surface area contributed by atoms with Gasteiger partial charge in [0.05, 0.1) is 42.0 Å². The summed E-state index contributed by atoms with van der Waals surface area (Å²) in [7, 11) is 1.65. The van der Waals surface area contributed by atoms with Gasteiger partial charge in [-0.3, -0.25) is 14.2 Å². The van der Waals surface area contributed by atoms with Crippen molar-refractivity contribution in [3.63, 3.8) is 0 Å². The molecule has 28 heavy (non-hydrogen) atoms. The molecule has 7 nitrogen and oxygen atoms in total. The Morgan fingerprint density at radius 3 is 2.43 bits per heavy atom. The summed E-state index contributed by atoms with van der Waals surface area (Å²) in [6, 6.07) is 7.89. The minimum Gasteiger partial charge on any atom is -0.497 e. The van der Waals surface area contributed by atoms with Gasteiger partial charge in [0.25, 0.3) is 5.91 Å². The minimum absolute atomic E-state index is 0.151. The molecule has 3 rings (SSSR count). The standard InChI is InChI=1S/C21H27N5O2/c1-7-25-15(4)19(13(2)23-25)21(27)22-20-14(3)24-26(16(20)5)12-17-9-8-10-18(11-17)28-6/h8-11H,7,12H2,1-6H3,(H,22,27). The third-order valence-corrected chi connectivity index (χ3v) is 4.99. The van der Waals surface area contributed by atoms with Crippen molar-refractivity contribution in [2.75, 3.05) is 12.4 Å². The molecule has 0 fully saturated rings. The Morgan fingerprint density at radius 2 is 1.79 bits per heavy atom. The monoisotopic (exact) mass is 381 g/mol. The summed E-state index contributed by atoms with van der Waals surface area (Å²) in [4.78, 5) is 12.9. The second kappa shape index (κ2) is 7.88. The van der Waals surface area contributed by atoms with E-state index in [0.29, 0.717) is 12.1 Å². The van der Waals surface area contributed by atoms with Gasteiger partial charge in [-0.05, 0) is 52.3 Å². The van der Waals surface area contributed by atoms with Gasteiger partial charge in [-0.1, -0.05) is 12.1 Å². The van der Waals surface area contributed by atoms with Crippen LogP contribution in [0, 0.1) is 27.7 Å². The van der Waals surface area contributed by atoms with Crippen molar-refractivity contribution < 1.29 is 9.53 Å². The molecule has 7 heteroatoms. The first-order valence-corrected chi connectivity index (χ1v) is 9.38. The third kappa shape index (κ3) is 3.65.